The van der Waals surface area contributed by atoms with Gasteiger partial charge in [0, 0.05) is 24.7 Å². The number of rotatable bonds is 6. The van der Waals surface area contributed by atoms with Crippen molar-refractivity contribution >= 4 is 11.6 Å². The SMILES string of the molecule is COc1c(C)cc(Cl)cc1CCN(C)CCN. The van der Waals surface area contributed by atoms with Crippen molar-refractivity contribution in [2.24, 2.45) is 5.73 Å². The molecule has 1 aromatic rings. The molecule has 96 valence electrons. The molecule has 0 saturated carbocycles. The highest BCUT2D eigenvalue weighted by Crippen LogP contribution is 2.27. The maximum atomic E-state index is 6.07. The minimum atomic E-state index is 0.683. The highest BCUT2D eigenvalue weighted by molar-refractivity contribution is 6.30. The maximum Gasteiger partial charge on any atom is 0.125 e. The van der Waals surface area contributed by atoms with E-state index >= 15 is 0 Å². The highest BCUT2D eigenvalue weighted by atomic mass is 35.5. The van der Waals surface area contributed by atoms with Gasteiger partial charge in [-0.25, -0.2) is 0 Å². The number of benzene rings is 1. The summed E-state index contributed by atoms with van der Waals surface area (Å²) in [5.41, 5.74) is 7.75. The molecule has 17 heavy (non-hydrogen) atoms. The summed E-state index contributed by atoms with van der Waals surface area (Å²) in [7, 11) is 3.76. The maximum absolute atomic E-state index is 6.07. The zero-order valence-electron chi connectivity index (χ0n) is 10.8. The summed E-state index contributed by atoms with van der Waals surface area (Å²) in [5, 5.41) is 0.764. The zero-order chi connectivity index (χ0) is 12.8. The predicted molar refractivity (Wildman–Crippen MR) is 73.0 cm³/mol. The van der Waals surface area contributed by atoms with Crippen LogP contribution >= 0.6 is 11.6 Å². The van der Waals surface area contributed by atoms with Crippen LogP contribution in [0.3, 0.4) is 0 Å². The van der Waals surface area contributed by atoms with Gasteiger partial charge in [-0.15, -0.1) is 0 Å². The summed E-state index contributed by atoms with van der Waals surface area (Å²) in [6.07, 6.45) is 0.918. The van der Waals surface area contributed by atoms with E-state index in [1.54, 1.807) is 7.11 Å². The van der Waals surface area contributed by atoms with Crippen LogP contribution in [0, 0.1) is 6.92 Å². The lowest BCUT2D eigenvalue weighted by molar-refractivity contribution is 0.343. The van der Waals surface area contributed by atoms with E-state index in [1.165, 1.54) is 0 Å². The van der Waals surface area contributed by atoms with Crippen LogP contribution in [0.4, 0.5) is 0 Å². The lowest BCUT2D eigenvalue weighted by Crippen LogP contribution is -2.27. The van der Waals surface area contributed by atoms with Gasteiger partial charge in [0.25, 0.3) is 0 Å². The lowest BCUT2D eigenvalue weighted by Gasteiger charge is -2.17. The lowest BCUT2D eigenvalue weighted by atomic mass is 10.1. The Kier molecular flexibility index (Phi) is 5.75. The molecule has 0 radical (unpaired) electrons. The molecular formula is C13H21ClN2O. The molecule has 0 amide bonds. The molecule has 0 heterocycles. The Morgan fingerprint density at radius 3 is 2.65 bits per heavy atom. The molecule has 0 aromatic heterocycles. The van der Waals surface area contributed by atoms with Crippen LogP contribution in [0.1, 0.15) is 11.1 Å². The van der Waals surface area contributed by atoms with Crippen LogP contribution in [-0.2, 0) is 6.42 Å². The zero-order valence-corrected chi connectivity index (χ0v) is 11.5. The second kappa shape index (κ2) is 6.84. The van der Waals surface area contributed by atoms with Gasteiger partial charge in [-0.05, 0) is 43.7 Å². The number of ether oxygens (including phenoxy) is 1. The van der Waals surface area contributed by atoms with E-state index in [9.17, 15) is 0 Å². The average molecular weight is 257 g/mol. The van der Waals surface area contributed by atoms with E-state index in [0.29, 0.717) is 6.54 Å². The van der Waals surface area contributed by atoms with Crippen LogP contribution in [-0.4, -0.2) is 38.7 Å². The molecule has 4 heteroatoms. The van der Waals surface area contributed by atoms with Gasteiger partial charge in [-0.2, -0.15) is 0 Å². The van der Waals surface area contributed by atoms with E-state index in [-0.39, 0.29) is 0 Å². The molecule has 3 nitrogen and oxygen atoms in total. The topological polar surface area (TPSA) is 38.5 Å². The predicted octanol–water partition coefficient (Wildman–Crippen LogP) is 2.09. The van der Waals surface area contributed by atoms with Gasteiger partial charge in [0.1, 0.15) is 5.75 Å². The van der Waals surface area contributed by atoms with Crippen molar-refractivity contribution in [1.29, 1.82) is 0 Å². The number of nitrogens with zero attached hydrogens (tertiary/aromatic N) is 1. The minimum Gasteiger partial charge on any atom is -0.496 e. The summed E-state index contributed by atoms with van der Waals surface area (Å²) in [5.74, 6) is 0.940. The van der Waals surface area contributed by atoms with Gasteiger partial charge in [0.2, 0.25) is 0 Å². The molecule has 0 aliphatic carbocycles. The molecule has 0 spiro atoms. The van der Waals surface area contributed by atoms with E-state index in [2.05, 4.69) is 11.9 Å². The van der Waals surface area contributed by atoms with E-state index in [0.717, 1.165) is 41.4 Å². The smallest absolute Gasteiger partial charge is 0.125 e. The fraction of sp³-hybridized carbons (Fsp3) is 0.538. The number of aryl methyl sites for hydroxylation is 1. The minimum absolute atomic E-state index is 0.683. The van der Waals surface area contributed by atoms with E-state index in [1.807, 2.05) is 19.1 Å². The molecule has 0 unspecified atom stereocenters. The molecule has 2 N–H and O–H groups in total. The fourth-order valence-electron chi connectivity index (χ4n) is 1.92. The summed E-state index contributed by atoms with van der Waals surface area (Å²) >= 11 is 6.07. The molecular weight excluding hydrogens is 236 g/mol. The fourth-order valence-corrected chi connectivity index (χ4v) is 2.22. The number of hydrogen-bond acceptors (Lipinski definition) is 3. The first-order valence-corrected chi connectivity index (χ1v) is 6.18. The first kappa shape index (κ1) is 14.3. The summed E-state index contributed by atoms with van der Waals surface area (Å²) in [6, 6.07) is 3.90. The Balaban J connectivity index is 2.75. The first-order valence-electron chi connectivity index (χ1n) is 5.80. The monoisotopic (exact) mass is 256 g/mol. The van der Waals surface area contributed by atoms with Crippen molar-refractivity contribution in [1.82, 2.24) is 4.90 Å². The number of halogens is 1. The third-order valence-electron chi connectivity index (χ3n) is 2.79. The van der Waals surface area contributed by atoms with Crippen molar-refractivity contribution in [2.75, 3.05) is 33.8 Å². The van der Waals surface area contributed by atoms with Gasteiger partial charge >= 0.3 is 0 Å². The first-order chi connectivity index (χ1) is 8.08. The Morgan fingerprint density at radius 2 is 2.06 bits per heavy atom. The van der Waals surface area contributed by atoms with Crippen molar-refractivity contribution in [2.45, 2.75) is 13.3 Å². The third-order valence-corrected chi connectivity index (χ3v) is 3.01. The number of methoxy groups -OCH3 is 1. The van der Waals surface area contributed by atoms with Crippen molar-refractivity contribution in [3.63, 3.8) is 0 Å². The quantitative estimate of drug-likeness (QED) is 0.847. The van der Waals surface area contributed by atoms with Crippen molar-refractivity contribution in [3.05, 3.63) is 28.3 Å². The molecule has 1 rings (SSSR count). The van der Waals surface area contributed by atoms with Crippen LogP contribution in [0.5, 0.6) is 5.75 Å². The molecule has 0 fully saturated rings. The summed E-state index contributed by atoms with van der Waals surface area (Å²) < 4.78 is 5.42. The van der Waals surface area contributed by atoms with Crippen LogP contribution in [0.2, 0.25) is 5.02 Å². The number of nitrogens with two attached hydrogens (primary N) is 1. The Hall–Kier alpha value is -0.770. The van der Waals surface area contributed by atoms with Gasteiger partial charge in [0.15, 0.2) is 0 Å². The number of likely N-dealkylation sites (N-methyl/N-ethyl adjacent to an activating group) is 1. The Labute approximate surface area is 109 Å². The van der Waals surface area contributed by atoms with Crippen molar-refractivity contribution in [3.8, 4) is 5.75 Å². The van der Waals surface area contributed by atoms with Crippen LogP contribution < -0.4 is 10.5 Å². The number of hydrogen-bond donors (Lipinski definition) is 1. The van der Waals surface area contributed by atoms with Gasteiger partial charge in [0.05, 0.1) is 7.11 Å². The average Bonchev–Trinajstić information content (AvgIpc) is 2.26. The third kappa shape index (κ3) is 4.19. The normalized spacial score (nSPS) is 10.9. The largest absolute Gasteiger partial charge is 0.496 e. The van der Waals surface area contributed by atoms with Gasteiger partial charge < -0.3 is 15.4 Å². The standard InChI is InChI=1S/C13H21ClN2O/c1-10-8-12(14)9-11(13(10)17-3)4-6-16(2)7-5-15/h8-9H,4-7,15H2,1-3H3. The molecule has 0 atom stereocenters. The molecule has 0 bridgehead atoms. The van der Waals surface area contributed by atoms with E-state index in [4.69, 9.17) is 22.1 Å². The Bertz CT molecular complexity index is 369. The highest BCUT2D eigenvalue weighted by Gasteiger charge is 2.09. The molecule has 0 saturated heterocycles. The van der Waals surface area contributed by atoms with Crippen LogP contribution in [0.15, 0.2) is 12.1 Å². The Morgan fingerprint density at radius 1 is 1.35 bits per heavy atom. The van der Waals surface area contributed by atoms with Gasteiger partial charge in [-0.1, -0.05) is 11.6 Å². The molecule has 0 aliphatic rings. The van der Waals surface area contributed by atoms with Gasteiger partial charge in [-0.3, -0.25) is 0 Å². The van der Waals surface area contributed by atoms with Crippen molar-refractivity contribution < 1.29 is 4.74 Å². The summed E-state index contributed by atoms with van der Waals surface area (Å²) in [6.45, 7) is 4.55. The molecule has 1 aromatic carbocycles. The van der Waals surface area contributed by atoms with E-state index < -0.39 is 0 Å². The molecule has 0 aliphatic heterocycles. The second-order valence-corrected chi connectivity index (χ2v) is 4.69. The summed E-state index contributed by atoms with van der Waals surface area (Å²) in [4.78, 5) is 2.20. The van der Waals surface area contributed by atoms with Crippen LogP contribution in [0.25, 0.3) is 0 Å². The second-order valence-electron chi connectivity index (χ2n) is 4.26.